The van der Waals surface area contributed by atoms with E-state index in [0.29, 0.717) is 26.3 Å². The van der Waals surface area contributed by atoms with Gasteiger partial charge in [0.15, 0.2) is 0 Å². The topological polar surface area (TPSA) is 64.3 Å². The summed E-state index contributed by atoms with van der Waals surface area (Å²) in [5, 5.41) is 2.73. The van der Waals surface area contributed by atoms with Crippen LogP contribution in [-0.2, 0) is 9.53 Å². The second kappa shape index (κ2) is 8.44. The Bertz CT molecular complexity index is 385. The average molecular weight is 248 g/mol. The number of hydrogen-bond acceptors (Lipinski definition) is 3. The van der Waals surface area contributed by atoms with E-state index in [2.05, 4.69) is 5.32 Å². The van der Waals surface area contributed by atoms with Crippen molar-refractivity contribution in [3.05, 3.63) is 41.5 Å². The maximum absolute atomic E-state index is 11.4. The monoisotopic (exact) mass is 248 g/mol. The van der Waals surface area contributed by atoms with Crippen molar-refractivity contribution >= 4 is 12.0 Å². The van der Waals surface area contributed by atoms with E-state index in [9.17, 15) is 4.79 Å². The standard InChI is InChI=1S/C14H20N2O2/c1-12-2-4-13(5-3-12)6-7-14(17)16-9-11-18-10-8-15/h2-7H,8-11,15H2,1H3,(H,16,17)/b7-6+. The SMILES string of the molecule is Cc1ccc(/C=C/C(=O)NCCOCCN)cc1. The third kappa shape index (κ3) is 6.18. The molecule has 3 N–H and O–H groups in total. The molecule has 0 bridgehead atoms. The van der Waals surface area contributed by atoms with Crippen molar-refractivity contribution in [3.63, 3.8) is 0 Å². The zero-order valence-electron chi connectivity index (χ0n) is 10.7. The highest BCUT2D eigenvalue weighted by molar-refractivity contribution is 5.91. The summed E-state index contributed by atoms with van der Waals surface area (Å²) in [5.41, 5.74) is 7.48. The number of hydrogen-bond donors (Lipinski definition) is 2. The highest BCUT2D eigenvalue weighted by Gasteiger charge is 1.94. The van der Waals surface area contributed by atoms with Gasteiger partial charge in [0, 0.05) is 19.2 Å². The lowest BCUT2D eigenvalue weighted by molar-refractivity contribution is -0.116. The molecule has 0 heterocycles. The van der Waals surface area contributed by atoms with Crippen LogP contribution in [0.25, 0.3) is 6.08 Å². The second-order valence-electron chi connectivity index (χ2n) is 3.94. The molecular weight excluding hydrogens is 228 g/mol. The molecule has 0 aliphatic carbocycles. The molecule has 0 spiro atoms. The van der Waals surface area contributed by atoms with Gasteiger partial charge in [-0.1, -0.05) is 29.8 Å². The van der Waals surface area contributed by atoms with Gasteiger partial charge >= 0.3 is 0 Å². The zero-order chi connectivity index (χ0) is 13.2. The number of rotatable bonds is 7. The minimum Gasteiger partial charge on any atom is -0.378 e. The largest absolute Gasteiger partial charge is 0.378 e. The van der Waals surface area contributed by atoms with Gasteiger partial charge in [0.1, 0.15) is 0 Å². The molecule has 0 radical (unpaired) electrons. The minimum atomic E-state index is -0.119. The van der Waals surface area contributed by atoms with Gasteiger partial charge in [0.2, 0.25) is 5.91 Å². The summed E-state index contributed by atoms with van der Waals surface area (Å²) in [5.74, 6) is -0.119. The van der Waals surface area contributed by atoms with Crippen LogP contribution in [0, 0.1) is 6.92 Å². The normalized spacial score (nSPS) is 10.8. The maximum Gasteiger partial charge on any atom is 0.244 e. The molecule has 0 saturated heterocycles. The van der Waals surface area contributed by atoms with Crippen LogP contribution in [0.3, 0.4) is 0 Å². The second-order valence-corrected chi connectivity index (χ2v) is 3.94. The third-order valence-corrected chi connectivity index (χ3v) is 2.31. The summed E-state index contributed by atoms with van der Waals surface area (Å²) in [7, 11) is 0. The van der Waals surface area contributed by atoms with Gasteiger partial charge in [0.25, 0.3) is 0 Å². The lowest BCUT2D eigenvalue weighted by Gasteiger charge is -2.03. The molecule has 4 nitrogen and oxygen atoms in total. The van der Waals surface area contributed by atoms with E-state index in [1.54, 1.807) is 6.08 Å². The summed E-state index contributed by atoms with van der Waals surface area (Å²) in [6.07, 6.45) is 3.31. The fourth-order valence-corrected chi connectivity index (χ4v) is 1.34. The number of carbonyl (C=O) groups excluding carboxylic acids is 1. The molecule has 0 atom stereocenters. The molecule has 1 aromatic rings. The van der Waals surface area contributed by atoms with Crippen LogP contribution in [0.15, 0.2) is 30.3 Å². The summed E-state index contributed by atoms with van der Waals surface area (Å²) in [4.78, 5) is 11.4. The van der Waals surface area contributed by atoms with Crippen molar-refractivity contribution in [3.8, 4) is 0 Å². The number of carbonyl (C=O) groups is 1. The number of nitrogens with one attached hydrogen (secondary N) is 1. The molecule has 1 aromatic carbocycles. The van der Waals surface area contributed by atoms with Gasteiger partial charge in [-0.25, -0.2) is 0 Å². The van der Waals surface area contributed by atoms with Gasteiger partial charge in [-0.2, -0.15) is 0 Å². The lowest BCUT2D eigenvalue weighted by atomic mass is 10.1. The van der Waals surface area contributed by atoms with Crippen molar-refractivity contribution < 1.29 is 9.53 Å². The van der Waals surface area contributed by atoms with Gasteiger partial charge in [0.05, 0.1) is 13.2 Å². The highest BCUT2D eigenvalue weighted by Crippen LogP contribution is 2.04. The smallest absolute Gasteiger partial charge is 0.244 e. The van der Waals surface area contributed by atoms with E-state index in [1.165, 1.54) is 11.6 Å². The molecule has 98 valence electrons. The molecule has 18 heavy (non-hydrogen) atoms. The van der Waals surface area contributed by atoms with Crippen molar-refractivity contribution in [2.45, 2.75) is 6.92 Å². The van der Waals surface area contributed by atoms with Gasteiger partial charge < -0.3 is 15.8 Å². The molecule has 0 fully saturated rings. The van der Waals surface area contributed by atoms with Crippen LogP contribution in [-0.4, -0.2) is 32.2 Å². The Morgan fingerprint density at radius 1 is 1.33 bits per heavy atom. The Balaban J connectivity index is 2.25. The fraction of sp³-hybridized carbons (Fsp3) is 0.357. The van der Waals surface area contributed by atoms with E-state index >= 15 is 0 Å². The van der Waals surface area contributed by atoms with Gasteiger partial charge in [-0.3, -0.25) is 4.79 Å². The van der Waals surface area contributed by atoms with Crippen LogP contribution in [0.5, 0.6) is 0 Å². The van der Waals surface area contributed by atoms with Gasteiger partial charge in [-0.05, 0) is 18.6 Å². The first-order valence-electron chi connectivity index (χ1n) is 6.03. The summed E-state index contributed by atoms with van der Waals surface area (Å²) in [6, 6.07) is 7.98. The van der Waals surface area contributed by atoms with Crippen LogP contribution in [0.2, 0.25) is 0 Å². The predicted molar refractivity (Wildman–Crippen MR) is 73.1 cm³/mol. The zero-order valence-corrected chi connectivity index (χ0v) is 10.7. The highest BCUT2D eigenvalue weighted by atomic mass is 16.5. The Morgan fingerprint density at radius 2 is 2.06 bits per heavy atom. The summed E-state index contributed by atoms with van der Waals surface area (Å²) >= 11 is 0. The van der Waals surface area contributed by atoms with Crippen LogP contribution in [0.4, 0.5) is 0 Å². The number of ether oxygens (including phenoxy) is 1. The van der Waals surface area contributed by atoms with E-state index < -0.39 is 0 Å². The third-order valence-electron chi connectivity index (χ3n) is 2.31. The first kappa shape index (κ1) is 14.4. The van der Waals surface area contributed by atoms with Crippen molar-refractivity contribution in [2.24, 2.45) is 5.73 Å². The van der Waals surface area contributed by atoms with E-state index in [0.717, 1.165) is 5.56 Å². The summed E-state index contributed by atoms with van der Waals surface area (Å²) in [6.45, 7) is 4.04. The maximum atomic E-state index is 11.4. The molecule has 0 aliphatic rings. The van der Waals surface area contributed by atoms with E-state index in [-0.39, 0.29) is 5.91 Å². The first-order valence-corrected chi connectivity index (χ1v) is 6.03. The van der Waals surface area contributed by atoms with Crippen molar-refractivity contribution in [1.82, 2.24) is 5.32 Å². The summed E-state index contributed by atoms with van der Waals surface area (Å²) < 4.78 is 5.15. The fourth-order valence-electron chi connectivity index (χ4n) is 1.34. The molecule has 0 saturated carbocycles. The quantitative estimate of drug-likeness (QED) is 0.561. The first-order chi connectivity index (χ1) is 8.72. The number of benzene rings is 1. The molecule has 4 heteroatoms. The molecule has 0 unspecified atom stereocenters. The lowest BCUT2D eigenvalue weighted by Crippen LogP contribution is -2.26. The molecule has 0 aromatic heterocycles. The van der Waals surface area contributed by atoms with Crippen LogP contribution >= 0.6 is 0 Å². The Morgan fingerprint density at radius 3 is 2.72 bits per heavy atom. The predicted octanol–water partition coefficient (Wildman–Crippen LogP) is 1.10. The van der Waals surface area contributed by atoms with Crippen molar-refractivity contribution in [2.75, 3.05) is 26.3 Å². The molecule has 1 rings (SSSR count). The Hall–Kier alpha value is -1.65. The van der Waals surface area contributed by atoms with Gasteiger partial charge in [-0.15, -0.1) is 0 Å². The Labute approximate surface area is 108 Å². The minimum absolute atomic E-state index is 0.119. The van der Waals surface area contributed by atoms with Crippen LogP contribution < -0.4 is 11.1 Å². The molecule has 1 amide bonds. The van der Waals surface area contributed by atoms with E-state index in [1.807, 2.05) is 31.2 Å². The molecular formula is C14H20N2O2. The molecule has 0 aliphatic heterocycles. The van der Waals surface area contributed by atoms with E-state index in [4.69, 9.17) is 10.5 Å². The average Bonchev–Trinajstić information content (AvgIpc) is 2.38. The Kier molecular flexibility index (Phi) is 6.76. The number of nitrogens with two attached hydrogens (primary N) is 1. The van der Waals surface area contributed by atoms with Crippen LogP contribution in [0.1, 0.15) is 11.1 Å². The number of amides is 1. The number of aryl methyl sites for hydroxylation is 1. The van der Waals surface area contributed by atoms with Crippen molar-refractivity contribution in [1.29, 1.82) is 0 Å².